The number of rotatable bonds is 3. The fourth-order valence-electron chi connectivity index (χ4n) is 1.33. The molecule has 2 aliphatic heterocycles. The van der Waals surface area contributed by atoms with Gasteiger partial charge in [0, 0.05) is 39.4 Å². The second-order valence-corrected chi connectivity index (χ2v) is 3.55. The van der Waals surface area contributed by atoms with Gasteiger partial charge in [0.25, 0.3) is 0 Å². The SMILES string of the molecule is OC1COCCC1(O)CNC1(O)OO1.[Os]. The van der Waals surface area contributed by atoms with Crippen LogP contribution in [0.3, 0.4) is 0 Å². The number of hydrogen-bond acceptors (Lipinski definition) is 7. The van der Waals surface area contributed by atoms with Crippen molar-refractivity contribution in [1.82, 2.24) is 5.32 Å². The average Bonchev–Trinajstić information content (AvgIpc) is 2.88. The van der Waals surface area contributed by atoms with Crippen LogP contribution in [-0.4, -0.2) is 52.9 Å². The van der Waals surface area contributed by atoms with Gasteiger partial charge in [-0.15, -0.1) is 9.78 Å². The molecule has 7 nitrogen and oxygen atoms in total. The van der Waals surface area contributed by atoms with Gasteiger partial charge in [-0.2, -0.15) is 0 Å². The molecule has 2 aliphatic rings. The van der Waals surface area contributed by atoms with Gasteiger partial charge >= 0.3 is 6.10 Å². The van der Waals surface area contributed by atoms with Gasteiger partial charge in [-0.3, -0.25) is 0 Å². The van der Waals surface area contributed by atoms with E-state index in [9.17, 15) is 10.2 Å². The van der Waals surface area contributed by atoms with E-state index in [0.29, 0.717) is 6.61 Å². The smallest absolute Gasteiger partial charge is 0.388 e. The normalized spacial score (nSPS) is 38.2. The van der Waals surface area contributed by atoms with Crippen molar-refractivity contribution in [1.29, 1.82) is 0 Å². The number of aliphatic hydroxyl groups is 3. The maximum atomic E-state index is 9.92. The Bertz CT molecular complexity index is 226. The van der Waals surface area contributed by atoms with E-state index < -0.39 is 17.8 Å². The molecule has 0 aromatic carbocycles. The van der Waals surface area contributed by atoms with Gasteiger partial charge in [0.15, 0.2) is 0 Å². The Hall–Kier alpha value is 0.356. The Morgan fingerprint density at radius 2 is 2.00 bits per heavy atom. The molecule has 15 heavy (non-hydrogen) atoms. The first-order valence-corrected chi connectivity index (χ1v) is 4.37. The van der Waals surface area contributed by atoms with Crippen LogP contribution < -0.4 is 5.32 Å². The number of ether oxygens (including phenoxy) is 1. The number of hydrogen-bond donors (Lipinski definition) is 4. The minimum Gasteiger partial charge on any atom is -0.388 e. The summed E-state index contributed by atoms with van der Waals surface area (Å²) in [4.78, 5) is 8.38. The van der Waals surface area contributed by atoms with Gasteiger partial charge in [0.05, 0.1) is 6.61 Å². The zero-order valence-electron chi connectivity index (χ0n) is 7.83. The molecule has 90 valence electrons. The van der Waals surface area contributed by atoms with Crippen molar-refractivity contribution < 1.29 is 49.6 Å². The first-order valence-electron chi connectivity index (χ1n) is 4.37. The van der Waals surface area contributed by atoms with Crippen LogP contribution in [0.2, 0.25) is 0 Å². The standard InChI is InChI=1S/C7H13NO6.Os/c9-5-3-12-2-1-6(5,10)4-8-7(11)13-14-7;/h5,8-11H,1-4H2;. The molecule has 0 amide bonds. The van der Waals surface area contributed by atoms with Crippen LogP contribution in [0.4, 0.5) is 0 Å². The third-order valence-corrected chi connectivity index (χ3v) is 2.43. The molecule has 2 rings (SSSR count). The maximum absolute atomic E-state index is 9.92. The summed E-state index contributed by atoms with van der Waals surface area (Å²) >= 11 is 0. The predicted molar refractivity (Wildman–Crippen MR) is 41.5 cm³/mol. The second-order valence-electron chi connectivity index (χ2n) is 3.55. The molecule has 0 aromatic heterocycles. The molecule has 2 atom stereocenters. The van der Waals surface area contributed by atoms with Gasteiger partial charge in [0.1, 0.15) is 11.7 Å². The Morgan fingerprint density at radius 1 is 1.33 bits per heavy atom. The van der Waals surface area contributed by atoms with E-state index in [1.165, 1.54) is 0 Å². The molecule has 4 N–H and O–H groups in total. The number of nitrogens with one attached hydrogen (secondary N) is 1. The van der Waals surface area contributed by atoms with Crippen LogP contribution in [0.25, 0.3) is 0 Å². The quantitative estimate of drug-likeness (QED) is 0.240. The van der Waals surface area contributed by atoms with Crippen molar-refractivity contribution in [2.75, 3.05) is 19.8 Å². The van der Waals surface area contributed by atoms with E-state index in [0.717, 1.165) is 0 Å². The fraction of sp³-hybridized carbons (Fsp3) is 1.00. The molecular weight excluding hydrogens is 384 g/mol. The second kappa shape index (κ2) is 4.69. The molecule has 0 radical (unpaired) electrons. The van der Waals surface area contributed by atoms with Gasteiger partial charge in [-0.05, 0) is 0 Å². The first kappa shape index (κ1) is 13.4. The van der Waals surface area contributed by atoms with E-state index in [1.807, 2.05) is 0 Å². The average molecular weight is 397 g/mol. The summed E-state index contributed by atoms with van der Waals surface area (Å²) in [6, 6.07) is 0. The van der Waals surface area contributed by atoms with Crippen molar-refractivity contribution in [3.8, 4) is 0 Å². The predicted octanol–water partition coefficient (Wildman–Crippen LogP) is -2.35. The van der Waals surface area contributed by atoms with E-state index >= 15 is 0 Å². The summed E-state index contributed by atoms with van der Waals surface area (Å²) < 4.78 is 4.96. The molecule has 2 unspecified atom stereocenters. The van der Waals surface area contributed by atoms with Gasteiger partial charge in [0.2, 0.25) is 0 Å². The van der Waals surface area contributed by atoms with Crippen LogP contribution in [0.5, 0.6) is 0 Å². The van der Waals surface area contributed by atoms with Crippen LogP contribution in [0.1, 0.15) is 6.42 Å². The molecule has 2 saturated heterocycles. The summed E-state index contributed by atoms with van der Waals surface area (Å²) in [6.45, 7) is 0.418. The van der Waals surface area contributed by atoms with Crippen molar-refractivity contribution in [3.63, 3.8) is 0 Å². The topological polar surface area (TPSA) is 107 Å². The molecule has 0 saturated carbocycles. The van der Waals surface area contributed by atoms with E-state index in [1.54, 1.807) is 0 Å². The van der Waals surface area contributed by atoms with Gasteiger partial charge in [-0.1, -0.05) is 0 Å². The zero-order valence-corrected chi connectivity index (χ0v) is 10.4. The third-order valence-electron chi connectivity index (χ3n) is 2.43. The summed E-state index contributed by atoms with van der Waals surface area (Å²) in [7, 11) is 0. The van der Waals surface area contributed by atoms with Crippen LogP contribution in [-0.2, 0) is 34.3 Å². The van der Waals surface area contributed by atoms with Crippen LogP contribution >= 0.6 is 0 Å². The van der Waals surface area contributed by atoms with Crippen molar-refractivity contribution >= 4 is 0 Å². The van der Waals surface area contributed by atoms with E-state index in [4.69, 9.17) is 9.84 Å². The van der Waals surface area contributed by atoms with E-state index in [2.05, 4.69) is 15.1 Å². The molecule has 0 aliphatic carbocycles. The largest absolute Gasteiger partial charge is 0.402 e. The molecule has 0 spiro atoms. The Labute approximate surface area is 99.3 Å². The van der Waals surface area contributed by atoms with Gasteiger partial charge in [-0.25, -0.2) is 5.32 Å². The molecular formula is C7H13NO6Os. The molecule has 0 bridgehead atoms. The van der Waals surface area contributed by atoms with E-state index in [-0.39, 0.29) is 39.4 Å². The van der Waals surface area contributed by atoms with Gasteiger partial charge < -0.3 is 20.1 Å². The van der Waals surface area contributed by atoms with Crippen LogP contribution in [0, 0.1) is 0 Å². The summed E-state index contributed by atoms with van der Waals surface area (Å²) in [6.07, 6.45) is -2.49. The third kappa shape index (κ3) is 3.16. The summed E-state index contributed by atoms with van der Waals surface area (Å²) in [5, 5.41) is 30.9. The maximum Gasteiger partial charge on any atom is 0.402 e. The monoisotopic (exact) mass is 399 g/mol. The molecule has 0 aromatic rings. The Kier molecular flexibility index (Phi) is 4.20. The van der Waals surface area contributed by atoms with Crippen molar-refractivity contribution in [2.45, 2.75) is 24.2 Å². The minimum absolute atomic E-state index is 0. The van der Waals surface area contributed by atoms with Crippen LogP contribution in [0.15, 0.2) is 0 Å². The Balaban J connectivity index is 0.00000112. The van der Waals surface area contributed by atoms with Crippen molar-refractivity contribution in [3.05, 3.63) is 0 Å². The molecule has 2 heterocycles. The first-order chi connectivity index (χ1) is 6.54. The molecule has 8 heteroatoms. The number of aliphatic hydroxyl groups excluding tert-OH is 1. The fourth-order valence-corrected chi connectivity index (χ4v) is 1.33. The van der Waals surface area contributed by atoms with Crippen molar-refractivity contribution in [2.24, 2.45) is 0 Å². The molecule has 2 fully saturated rings. The summed E-state index contributed by atoms with van der Waals surface area (Å²) in [5.41, 5.74) is -1.32. The zero-order chi connectivity index (χ0) is 10.2. The Morgan fingerprint density at radius 3 is 2.53 bits per heavy atom. The minimum atomic E-state index is -1.80. The summed E-state index contributed by atoms with van der Waals surface area (Å²) in [5.74, 6) is 0.